The predicted molar refractivity (Wildman–Crippen MR) is 66.8 cm³/mol. The number of carboxylic acids is 1. The number of hydrogen-bond donors (Lipinski definition) is 2. The van der Waals surface area contributed by atoms with Gasteiger partial charge in [-0.3, -0.25) is 4.79 Å². The molecule has 1 rings (SSSR count). The quantitative estimate of drug-likeness (QED) is 0.818. The lowest BCUT2D eigenvalue weighted by atomic mass is 10.1. The van der Waals surface area contributed by atoms with Crippen molar-refractivity contribution in [3.8, 4) is 5.75 Å². The van der Waals surface area contributed by atoms with Crippen LogP contribution in [0.5, 0.6) is 5.75 Å². The van der Waals surface area contributed by atoms with Crippen LogP contribution in [0.15, 0.2) is 18.2 Å². The summed E-state index contributed by atoms with van der Waals surface area (Å²) < 4.78 is 5.31. The molecule has 0 spiro atoms. The molecule has 0 aliphatic rings. The van der Waals surface area contributed by atoms with E-state index in [4.69, 9.17) is 21.4 Å². The molecule has 0 bridgehead atoms. The van der Waals surface area contributed by atoms with Crippen LogP contribution < -0.4 is 10.1 Å². The van der Waals surface area contributed by atoms with Crippen LogP contribution in [0.4, 0.5) is 0 Å². The second kappa shape index (κ2) is 6.47. The first-order chi connectivity index (χ1) is 8.08. The van der Waals surface area contributed by atoms with Gasteiger partial charge in [0.2, 0.25) is 0 Å². The third-order valence-corrected chi connectivity index (χ3v) is 2.68. The molecule has 0 radical (unpaired) electrons. The van der Waals surface area contributed by atoms with Gasteiger partial charge in [0.15, 0.2) is 0 Å². The summed E-state index contributed by atoms with van der Waals surface area (Å²) in [6.45, 7) is 2.43. The van der Waals surface area contributed by atoms with Crippen LogP contribution in [0.1, 0.15) is 12.5 Å². The molecule has 0 fully saturated rings. The second-order valence-electron chi connectivity index (χ2n) is 3.58. The summed E-state index contributed by atoms with van der Waals surface area (Å²) in [6, 6.07) is 4.71. The first kappa shape index (κ1) is 13.8. The van der Waals surface area contributed by atoms with E-state index < -0.39 is 12.0 Å². The molecule has 0 saturated carbocycles. The summed E-state index contributed by atoms with van der Waals surface area (Å²) in [4.78, 5) is 10.9. The van der Waals surface area contributed by atoms with Crippen molar-refractivity contribution in [2.24, 2.45) is 0 Å². The van der Waals surface area contributed by atoms with E-state index in [0.29, 0.717) is 23.8 Å². The lowest BCUT2D eigenvalue weighted by Crippen LogP contribution is -2.35. The average molecular weight is 258 g/mol. The predicted octanol–water partition coefficient (Wildman–Crippen LogP) is 1.95. The minimum Gasteiger partial charge on any atom is -0.492 e. The smallest absolute Gasteiger partial charge is 0.321 e. The molecular formula is C12H16ClNO3. The number of halogens is 1. The number of carbonyl (C=O) groups is 1. The van der Waals surface area contributed by atoms with Crippen molar-refractivity contribution in [1.29, 1.82) is 0 Å². The van der Waals surface area contributed by atoms with Gasteiger partial charge in [0.1, 0.15) is 11.8 Å². The van der Waals surface area contributed by atoms with Gasteiger partial charge in [-0.15, -0.1) is 0 Å². The third-order valence-electron chi connectivity index (χ3n) is 2.38. The molecule has 0 aliphatic heterocycles. The molecule has 5 heteroatoms. The molecule has 0 aliphatic carbocycles. The molecule has 1 atom stereocenters. The third kappa shape index (κ3) is 3.91. The van der Waals surface area contributed by atoms with Crippen LogP contribution >= 0.6 is 11.6 Å². The number of nitrogens with one attached hydrogen (secondary N) is 1. The van der Waals surface area contributed by atoms with Crippen LogP contribution in [0.2, 0.25) is 5.02 Å². The van der Waals surface area contributed by atoms with Crippen molar-refractivity contribution in [2.75, 3.05) is 13.7 Å². The molecule has 0 amide bonds. The fourth-order valence-electron chi connectivity index (χ4n) is 1.49. The number of likely N-dealkylation sites (N-methyl/N-ethyl adjacent to an activating group) is 1. The molecule has 0 saturated heterocycles. The zero-order chi connectivity index (χ0) is 12.8. The highest BCUT2D eigenvalue weighted by molar-refractivity contribution is 6.32. The molecular weight excluding hydrogens is 242 g/mol. The zero-order valence-electron chi connectivity index (χ0n) is 9.87. The fraction of sp³-hybridized carbons (Fsp3) is 0.417. The monoisotopic (exact) mass is 257 g/mol. The largest absolute Gasteiger partial charge is 0.492 e. The maximum absolute atomic E-state index is 10.9. The molecule has 94 valence electrons. The first-order valence-electron chi connectivity index (χ1n) is 5.39. The van der Waals surface area contributed by atoms with E-state index in [-0.39, 0.29) is 0 Å². The van der Waals surface area contributed by atoms with Crippen molar-refractivity contribution in [1.82, 2.24) is 5.32 Å². The normalized spacial score (nSPS) is 12.2. The van der Waals surface area contributed by atoms with E-state index in [2.05, 4.69) is 5.32 Å². The molecule has 0 heterocycles. The van der Waals surface area contributed by atoms with Gasteiger partial charge in [-0.25, -0.2) is 0 Å². The van der Waals surface area contributed by atoms with E-state index in [1.165, 1.54) is 0 Å². The lowest BCUT2D eigenvalue weighted by Gasteiger charge is -2.12. The highest BCUT2D eigenvalue weighted by Gasteiger charge is 2.15. The van der Waals surface area contributed by atoms with Crippen LogP contribution in [0.3, 0.4) is 0 Å². The van der Waals surface area contributed by atoms with Gasteiger partial charge in [-0.1, -0.05) is 17.7 Å². The molecule has 0 aromatic heterocycles. The van der Waals surface area contributed by atoms with E-state index in [9.17, 15) is 4.79 Å². The SMILES string of the molecule is CCOc1ccc(CC(NC)C(=O)O)cc1Cl. The Kier molecular flexibility index (Phi) is 5.25. The van der Waals surface area contributed by atoms with Crippen LogP contribution in [0.25, 0.3) is 0 Å². The van der Waals surface area contributed by atoms with Crippen molar-refractivity contribution in [3.05, 3.63) is 28.8 Å². The van der Waals surface area contributed by atoms with Gasteiger partial charge in [0, 0.05) is 0 Å². The average Bonchev–Trinajstić information content (AvgIpc) is 2.29. The van der Waals surface area contributed by atoms with Gasteiger partial charge < -0.3 is 15.2 Å². The van der Waals surface area contributed by atoms with Gasteiger partial charge in [-0.05, 0) is 38.1 Å². The number of ether oxygens (including phenoxy) is 1. The van der Waals surface area contributed by atoms with Crippen molar-refractivity contribution in [2.45, 2.75) is 19.4 Å². The van der Waals surface area contributed by atoms with Gasteiger partial charge in [0.05, 0.1) is 11.6 Å². The Morgan fingerprint density at radius 2 is 2.29 bits per heavy atom. The van der Waals surface area contributed by atoms with Gasteiger partial charge >= 0.3 is 5.97 Å². The number of aliphatic carboxylic acids is 1. The number of carboxylic acid groups (broad SMARTS) is 1. The second-order valence-corrected chi connectivity index (χ2v) is 3.99. The Labute approximate surface area is 106 Å². The summed E-state index contributed by atoms with van der Waals surface area (Å²) in [5, 5.41) is 12.2. The molecule has 1 aromatic rings. The number of rotatable bonds is 6. The van der Waals surface area contributed by atoms with Crippen LogP contribution in [-0.2, 0) is 11.2 Å². The summed E-state index contributed by atoms with van der Waals surface area (Å²) in [6.07, 6.45) is 0.387. The minimum atomic E-state index is -0.877. The summed E-state index contributed by atoms with van der Waals surface area (Å²) in [5.41, 5.74) is 0.861. The standard InChI is InChI=1S/C12H16ClNO3/c1-3-17-11-5-4-8(6-9(11)13)7-10(14-2)12(15)16/h4-6,10,14H,3,7H2,1-2H3,(H,15,16). The van der Waals surface area contributed by atoms with E-state index in [1.54, 1.807) is 19.2 Å². The molecule has 4 nitrogen and oxygen atoms in total. The maximum Gasteiger partial charge on any atom is 0.321 e. The maximum atomic E-state index is 10.9. The Morgan fingerprint density at radius 3 is 2.76 bits per heavy atom. The Hall–Kier alpha value is -1.26. The zero-order valence-corrected chi connectivity index (χ0v) is 10.6. The van der Waals surface area contributed by atoms with Gasteiger partial charge in [0.25, 0.3) is 0 Å². The van der Waals surface area contributed by atoms with Crippen molar-refractivity contribution < 1.29 is 14.6 Å². The first-order valence-corrected chi connectivity index (χ1v) is 5.77. The lowest BCUT2D eigenvalue weighted by molar-refractivity contribution is -0.139. The van der Waals surface area contributed by atoms with Gasteiger partial charge in [-0.2, -0.15) is 0 Å². The van der Waals surface area contributed by atoms with E-state index >= 15 is 0 Å². The van der Waals surface area contributed by atoms with Crippen molar-refractivity contribution >= 4 is 17.6 Å². The van der Waals surface area contributed by atoms with Crippen LogP contribution in [-0.4, -0.2) is 30.8 Å². The fourth-order valence-corrected chi connectivity index (χ4v) is 1.75. The number of hydrogen-bond acceptors (Lipinski definition) is 3. The molecule has 1 aromatic carbocycles. The summed E-state index contributed by atoms with van der Waals surface area (Å²) in [5.74, 6) is -0.258. The topological polar surface area (TPSA) is 58.6 Å². The van der Waals surface area contributed by atoms with E-state index in [0.717, 1.165) is 5.56 Å². The molecule has 1 unspecified atom stereocenters. The Morgan fingerprint density at radius 1 is 1.59 bits per heavy atom. The highest BCUT2D eigenvalue weighted by Crippen LogP contribution is 2.25. The highest BCUT2D eigenvalue weighted by atomic mass is 35.5. The number of benzene rings is 1. The summed E-state index contributed by atoms with van der Waals surface area (Å²) >= 11 is 6.02. The van der Waals surface area contributed by atoms with Crippen LogP contribution in [0, 0.1) is 0 Å². The Bertz CT molecular complexity index is 395. The minimum absolute atomic E-state index is 0.387. The van der Waals surface area contributed by atoms with Crippen molar-refractivity contribution in [3.63, 3.8) is 0 Å². The molecule has 2 N–H and O–H groups in total. The van der Waals surface area contributed by atoms with E-state index in [1.807, 2.05) is 13.0 Å². The summed E-state index contributed by atoms with van der Waals surface area (Å²) in [7, 11) is 1.62. The Balaban J connectivity index is 2.79. The molecule has 17 heavy (non-hydrogen) atoms.